The fourth-order valence-corrected chi connectivity index (χ4v) is 1.73. The highest BCUT2D eigenvalue weighted by molar-refractivity contribution is 5.42. The van der Waals surface area contributed by atoms with Gasteiger partial charge in [-0.1, -0.05) is 18.2 Å². The van der Waals surface area contributed by atoms with Gasteiger partial charge in [-0.15, -0.1) is 0 Å². The molecule has 0 amide bonds. The van der Waals surface area contributed by atoms with Crippen molar-refractivity contribution in [3.63, 3.8) is 0 Å². The lowest BCUT2D eigenvalue weighted by Gasteiger charge is -2.10. The van der Waals surface area contributed by atoms with Gasteiger partial charge < -0.3 is 21.9 Å². The number of aromatic nitrogens is 1. The average molecular weight is 293 g/mol. The minimum Gasteiger partial charge on any atom is -1.00 e. The van der Waals surface area contributed by atoms with Gasteiger partial charge in [0.25, 0.3) is 0 Å². The van der Waals surface area contributed by atoms with Gasteiger partial charge in [0.15, 0.2) is 12.4 Å². The molecular formula is C14H17BrN2. The molecule has 3 heteroatoms. The third-order valence-corrected chi connectivity index (χ3v) is 2.72. The number of benzene rings is 1. The monoisotopic (exact) mass is 292 g/mol. The van der Waals surface area contributed by atoms with E-state index >= 15 is 0 Å². The predicted molar refractivity (Wildman–Crippen MR) is 67.0 cm³/mol. The molecule has 0 radical (unpaired) electrons. The molecule has 0 N–H and O–H groups in total. The van der Waals surface area contributed by atoms with E-state index in [9.17, 15) is 0 Å². The number of pyridine rings is 1. The highest BCUT2D eigenvalue weighted by atomic mass is 79.9. The van der Waals surface area contributed by atoms with Crippen LogP contribution in [0.2, 0.25) is 0 Å². The average Bonchev–Trinajstić information content (AvgIpc) is 2.30. The summed E-state index contributed by atoms with van der Waals surface area (Å²) in [5.41, 5.74) is 3.72. The van der Waals surface area contributed by atoms with Crippen molar-refractivity contribution in [1.82, 2.24) is 0 Å². The molecular weight excluding hydrogens is 276 g/mol. The molecule has 2 nitrogen and oxygen atoms in total. The Morgan fingerprint density at radius 2 is 1.53 bits per heavy atom. The molecule has 0 spiro atoms. The van der Waals surface area contributed by atoms with Gasteiger partial charge >= 0.3 is 0 Å². The first-order chi connectivity index (χ1) is 7.68. The van der Waals surface area contributed by atoms with E-state index in [0.29, 0.717) is 0 Å². The summed E-state index contributed by atoms with van der Waals surface area (Å²) in [4.78, 5) is 2.10. The standard InChI is InChI=1S/C14H17N2.BrH/c1-12-6-4-5-7-14(12)16-10-8-13(9-11-16)15(2)3;/h4-11H,1-3H3;1H/q+1;/p-1. The molecule has 0 atom stereocenters. The van der Waals surface area contributed by atoms with Crippen LogP contribution in [0.1, 0.15) is 5.56 Å². The maximum atomic E-state index is 2.14. The summed E-state index contributed by atoms with van der Waals surface area (Å²) in [6, 6.07) is 12.6. The summed E-state index contributed by atoms with van der Waals surface area (Å²) in [5.74, 6) is 0. The van der Waals surface area contributed by atoms with E-state index in [0.717, 1.165) is 0 Å². The minimum absolute atomic E-state index is 0. The molecule has 17 heavy (non-hydrogen) atoms. The molecule has 0 bridgehead atoms. The lowest BCUT2D eigenvalue weighted by molar-refractivity contribution is -0.596. The molecule has 0 saturated carbocycles. The number of para-hydroxylation sites is 1. The smallest absolute Gasteiger partial charge is 0.213 e. The maximum absolute atomic E-state index is 2.14. The van der Waals surface area contributed by atoms with E-state index in [1.807, 2.05) is 14.1 Å². The minimum atomic E-state index is 0. The van der Waals surface area contributed by atoms with Gasteiger partial charge in [0.1, 0.15) is 0 Å². The van der Waals surface area contributed by atoms with Gasteiger partial charge in [-0.25, -0.2) is 0 Å². The Morgan fingerprint density at radius 1 is 0.941 bits per heavy atom. The van der Waals surface area contributed by atoms with Crippen LogP contribution in [0.25, 0.3) is 5.69 Å². The van der Waals surface area contributed by atoms with E-state index in [-0.39, 0.29) is 17.0 Å². The topological polar surface area (TPSA) is 7.12 Å². The van der Waals surface area contributed by atoms with Crippen LogP contribution in [-0.2, 0) is 0 Å². The second kappa shape index (κ2) is 5.82. The number of hydrogen-bond donors (Lipinski definition) is 0. The quantitative estimate of drug-likeness (QED) is 0.667. The highest BCUT2D eigenvalue weighted by Crippen LogP contribution is 2.10. The van der Waals surface area contributed by atoms with E-state index in [2.05, 4.69) is 65.2 Å². The first-order valence-electron chi connectivity index (χ1n) is 5.43. The summed E-state index contributed by atoms with van der Waals surface area (Å²) in [6.45, 7) is 2.13. The Labute approximate surface area is 113 Å². The fraction of sp³-hybridized carbons (Fsp3) is 0.214. The summed E-state index contributed by atoms with van der Waals surface area (Å²) in [5, 5.41) is 0. The van der Waals surface area contributed by atoms with Gasteiger partial charge in [-0.2, -0.15) is 4.57 Å². The molecule has 1 aromatic heterocycles. The van der Waals surface area contributed by atoms with Crippen molar-refractivity contribution in [2.75, 3.05) is 19.0 Å². The Hall–Kier alpha value is -1.35. The van der Waals surface area contributed by atoms with E-state index < -0.39 is 0 Å². The van der Waals surface area contributed by atoms with Gasteiger partial charge in [-0.3, -0.25) is 0 Å². The number of nitrogens with zero attached hydrogens (tertiary/aromatic N) is 2. The molecule has 1 heterocycles. The van der Waals surface area contributed by atoms with Gasteiger partial charge in [0.2, 0.25) is 5.69 Å². The van der Waals surface area contributed by atoms with E-state index in [1.165, 1.54) is 16.9 Å². The first kappa shape index (κ1) is 13.7. The zero-order chi connectivity index (χ0) is 11.5. The van der Waals surface area contributed by atoms with Crippen molar-refractivity contribution in [2.24, 2.45) is 0 Å². The van der Waals surface area contributed by atoms with Crippen LogP contribution < -0.4 is 26.4 Å². The largest absolute Gasteiger partial charge is 1.00 e. The van der Waals surface area contributed by atoms with Crippen molar-refractivity contribution in [2.45, 2.75) is 6.92 Å². The Morgan fingerprint density at radius 3 is 2.06 bits per heavy atom. The van der Waals surface area contributed by atoms with Crippen LogP contribution in [0, 0.1) is 6.92 Å². The summed E-state index contributed by atoms with van der Waals surface area (Å²) in [6.07, 6.45) is 4.19. The molecule has 0 saturated heterocycles. The summed E-state index contributed by atoms with van der Waals surface area (Å²) in [7, 11) is 4.10. The van der Waals surface area contributed by atoms with Crippen LogP contribution >= 0.6 is 0 Å². The summed E-state index contributed by atoms with van der Waals surface area (Å²) >= 11 is 0. The normalized spacial score (nSPS) is 9.59. The Balaban J connectivity index is 0.00000144. The fourth-order valence-electron chi connectivity index (χ4n) is 1.73. The lowest BCUT2D eigenvalue weighted by Crippen LogP contribution is -3.00. The molecule has 0 aliphatic rings. The maximum Gasteiger partial charge on any atom is 0.213 e. The summed E-state index contributed by atoms with van der Waals surface area (Å²) < 4.78 is 2.14. The van der Waals surface area contributed by atoms with Crippen molar-refractivity contribution >= 4 is 5.69 Å². The van der Waals surface area contributed by atoms with Crippen LogP contribution in [-0.4, -0.2) is 14.1 Å². The van der Waals surface area contributed by atoms with Gasteiger partial charge in [0, 0.05) is 43.5 Å². The molecule has 0 fully saturated rings. The third-order valence-electron chi connectivity index (χ3n) is 2.72. The lowest BCUT2D eigenvalue weighted by atomic mass is 10.2. The van der Waals surface area contributed by atoms with Crippen LogP contribution in [0.15, 0.2) is 48.8 Å². The van der Waals surface area contributed by atoms with Crippen molar-refractivity contribution in [1.29, 1.82) is 0 Å². The van der Waals surface area contributed by atoms with Crippen molar-refractivity contribution in [3.8, 4) is 5.69 Å². The molecule has 1 aromatic carbocycles. The molecule has 0 unspecified atom stereocenters. The van der Waals surface area contributed by atoms with E-state index in [4.69, 9.17) is 0 Å². The van der Waals surface area contributed by atoms with Gasteiger partial charge in [-0.05, 0) is 6.92 Å². The SMILES string of the molecule is Cc1ccccc1-[n+]1ccc(N(C)C)cc1.[Br-]. The molecule has 0 aliphatic carbocycles. The number of hydrogen-bond acceptors (Lipinski definition) is 1. The molecule has 2 rings (SSSR count). The highest BCUT2D eigenvalue weighted by Gasteiger charge is 2.08. The Kier molecular flexibility index (Phi) is 4.70. The van der Waals surface area contributed by atoms with Crippen molar-refractivity contribution < 1.29 is 21.5 Å². The second-order valence-corrected chi connectivity index (χ2v) is 4.14. The van der Waals surface area contributed by atoms with Gasteiger partial charge in [0.05, 0.1) is 0 Å². The zero-order valence-electron chi connectivity index (χ0n) is 10.4. The second-order valence-electron chi connectivity index (χ2n) is 4.14. The number of anilines is 1. The molecule has 90 valence electrons. The first-order valence-corrected chi connectivity index (χ1v) is 5.43. The number of rotatable bonds is 2. The number of halogens is 1. The molecule has 2 aromatic rings. The van der Waals surface area contributed by atoms with E-state index in [1.54, 1.807) is 0 Å². The van der Waals surface area contributed by atoms with Crippen molar-refractivity contribution in [3.05, 3.63) is 54.4 Å². The third kappa shape index (κ3) is 3.07. The predicted octanol–water partition coefficient (Wildman–Crippen LogP) is -0.658. The van der Waals surface area contributed by atoms with Crippen LogP contribution in [0.4, 0.5) is 5.69 Å². The molecule has 0 aliphatic heterocycles. The van der Waals surface area contributed by atoms with Crippen LogP contribution in [0.3, 0.4) is 0 Å². The number of aryl methyl sites for hydroxylation is 1. The Bertz CT molecular complexity index is 478. The zero-order valence-corrected chi connectivity index (χ0v) is 12.0. The van der Waals surface area contributed by atoms with Crippen LogP contribution in [0.5, 0.6) is 0 Å².